The Kier molecular flexibility index (Phi) is 10.4. The number of rotatable bonds is 11. The highest BCUT2D eigenvalue weighted by molar-refractivity contribution is 7.99. The van der Waals surface area contributed by atoms with Crippen LogP contribution in [0.25, 0.3) is 28.0 Å². The number of hydrogen-bond acceptors (Lipinski definition) is 8. The number of halogens is 1. The fourth-order valence-corrected chi connectivity index (χ4v) is 9.08. The Hall–Kier alpha value is -1.71. The Morgan fingerprint density at radius 1 is 0.979 bits per heavy atom. The molecule has 5 heterocycles. The van der Waals surface area contributed by atoms with Crippen molar-refractivity contribution >= 4 is 56.5 Å². The molecule has 2 saturated heterocycles. The molecule has 47 heavy (non-hydrogen) atoms. The number of ether oxygens (including phenoxy) is 4. The van der Waals surface area contributed by atoms with E-state index in [1.54, 1.807) is 0 Å². The van der Waals surface area contributed by atoms with E-state index in [-0.39, 0.29) is 36.2 Å². The summed E-state index contributed by atoms with van der Waals surface area (Å²) in [5.41, 5.74) is 5.64. The predicted molar refractivity (Wildman–Crippen MR) is 198 cm³/mol. The van der Waals surface area contributed by atoms with Crippen LogP contribution in [0.2, 0.25) is 48.8 Å². The van der Waals surface area contributed by atoms with E-state index in [1.165, 1.54) is 16.9 Å². The van der Waals surface area contributed by atoms with Crippen molar-refractivity contribution in [3.8, 4) is 17.3 Å². The molecule has 0 spiro atoms. The topological polar surface area (TPSA) is 76.9 Å². The zero-order valence-electron chi connectivity index (χ0n) is 29.1. The fraction of sp³-hybridized carbons (Fsp3) is 0.600. The Morgan fingerprint density at radius 2 is 1.66 bits per heavy atom. The molecular formula is C35H50ClN3O5SSi2. The van der Waals surface area contributed by atoms with E-state index in [2.05, 4.69) is 83.8 Å². The van der Waals surface area contributed by atoms with Crippen LogP contribution in [0.15, 0.2) is 36.4 Å². The highest BCUT2D eigenvalue weighted by Gasteiger charge is 2.52. The van der Waals surface area contributed by atoms with Crippen molar-refractivity contribution in [2.45, 2.75) is 102 Å². The Labute approximate surface area is 291 Å². The maximum Gasteiger partial charge on any atom is 0.301 e. The summed E-state index contributed by atoms with van der Waals surface area (Å²) < 4.78 is 34.0. The molecule has 3 aromatic rings. The largest absolute Gasteiger partial charge is 0.456 e. The quantitative estimate of drug-likeness (QED) is 0.145. The van der Waals surface area contributed by atoms with Crippen LogP contribution in [0.3, 0.4) is 0 Å². The van der Waals surface area contributed by atoms with Gasteiger partial charge in [0.1, 0.15) is 18.9 Å². The van der Waals surface area contributed by atoms with Gasteiger partial charge in [-0.05, 0) is 53.6 Å². The summed E-state index contributed by atoms with van der Waals surface area (Å²) in [5, 5.41) is 0.656. The van der Waals surface area contributed by atoms with E-state index in [0.29, 0.717) is 42.2 Å². The molecule has 0 bridgehead atoms. The molecule has 3 aliphatic heterocycles. The van der Waals surface area contributed by atoms with Crippen LogP contribution in [0, 0.1) is 0 Å². The van der Waals surface area contributed by atoms with E-state index in [9.17, 15) is 0 Å². The van der Waals surface area contributed by atoms with Crippen LogP contribution in [0.1, 0.15) is 32.8 Å². The van der Waals surface area contributed by atoms with Crippen LogP contribution in [0.5, 0.6) is 6.01 Å². The number of pyridine rings is 1. The van der Waals surface area contributed by atoms with Crippen LogP contribution < -0.4 is 4.74 Å². The molecule has 1 unspecified atom stereocenters. The third kappa shape index (κ3) is 7.88. The normalized spacial score (nSPS) is 23.7. The molecule has 0 N–H and O–H groups in total. The molecule has 0 radical (unpaired) electrons. The second-order valence-corrected chi connectivity index (χ2v) is 27.6. The van der Waals surface area contributed by atoms with Crippen molar-refractivity contribution in [2.24, 2.45) is 0 Å². The maximum atomic E-state index is 6.93. The van der Waals surface area contributed by atoms with Gasteiger partial charge in [0, 0.05) is 26.0 Å². The molecule has 256 valence electrons. The summed E-state index contributed by atoms with van der Waals surface area (Å²) >= 11 is 8.90. The first-order chi connectivity index (χ1) is 22.2. The molecular weight excluding hydrogens is 666 g/mol. The van der Waals surface area contributed by atoms with Gasteiger partial charge >= 0.3 is 6.01 Å². The summed E-state index contributed by atoms with van der Waals surface area (Å²) in [7, 11) is -3.25. The molecule has 0 amide bonds. The van der Waals surface area contributed by atoms with Crippen LogP contribution in [-0.4, -0.2) is 86.7 Å². The lowest BCUT2D eigenvalue weighted by molar-refractivity contribution is 0.00691. The van der Waals surface area contributed by atoms with Crippen molar-refractivity contribution in [1.82, 2.24) is 14.5 Å². The van der Waals surface area contributed by atoms with E-state index >= 15 is 0 Å². The molecule has 6 rings (SSSR count). The molecule has 8 nitrogen and oxygen atoms in total. The minimum absolute atomic E-state index is 0.0985. The van der Waals surface area contributed by atoms with Gasteiger partial charge in [-0.1, -0.05) is 82.4 Å². The lowest BCUT2D eigenvalue weighted by Crippen LogP contribution is -2.47. The van der Waals surface area contributed by atoms with Crippen molar-refractivity contribution in [3.63, 3.8) is 0 Å². The van der Waals surface area contributed by atoms with Gasteiger partial charge in [-0.3, -0.25) is 4.57 Å². The predicted octanol–water partition coefficient (Wildman–Crippen LogP) is 8.52. The zero-order chi connectivity index (χ0) is 33.6. The van der Waals surface area contributed by atoms with Crippen molar-refractivity contribution in [2.75, 3.05) is 31.3 Å². The van der Waals surface area contributed by atoms with Gasteiger partial charge in [0.25, 0.3) is 0 Å². The average Bonchev–Trinajstić information content (AvgIpc) is 3.69. The number of hydrogen-bond donors (Lipinski definition) is 0. The number of aromatic nitrogens is 3. The van der Waals surface area contributed by atoms with E-state index in [0.717, 1.165) is 29.3 Å². The molecule has 2 fully saturated rings. The number of fused-ring (bicyclic) bond motifs is 2. The van der Waals surface area contributed by atoms with E-state index < -0.39 is 16.4 Å². The standard InChI is InChI=1S/C35H50ClN3O5SSi2/c1-35(2,3)47(7,8)44-29-21-42-31-28(20-41-32(29)31)43-34-38-33-27(39(34)22-40-15-18-46(4,5)6)19-26(36)30(37-33)25-11-9-23(10-12-25)24-13-16-45-17-14-24/h9-13,19,28-29,31-32H,14-18,20-22H2,1-8H3/t28-,29?,31-,32-/m1/s1. The highest BCUT2D eigenvalue weighted by Crippen LogP contribution is 2.41. The molecule has 2 aromatic heterocycles. The second-order valence-electron chi connectivity index (χ2n) is 15.6. The summed E-state index contributed by atoms with van der Waals surface area (Å²) in [6.45, 7) is 20.2. The third-order valence-corrected chi connectivity index (χ3v) is 17.2. The molecule has 0 saturated carbocycles. The number of benzene rings is 1. The lowest BCUT2D eigenvalue weighted by Gasteiger charge is -2.39. The smallest absolute Gasteiger partial charge is 0.301 e. The van der Waals surface area contributed by atoms with Gasteiger partial charge in [-0.15, -0.1) is 0 Å². The first-order valence-electron chi connectivity index (χ1n) is 16.8. The Morgan fingerprint density at radius 3 is 2.32 bits per heavy atom. The van der Waals surface area contributed by atoms with Gasteiger partial charge in [0.2, 0.25) is 0 Å². The number of thioether (sulfide) groups is 1. The summed E-state index contributed by atoms with van der Waals surface area (Å²) in [4.78, 5) is 9.86. The van der Waals surface area contributed by atoms with Crippen LogP contribution >= 0.6 is 23.4 Å². The SMILES string of the molecule is CC(C)(C)[Si](C)(C)OC1CO[C@H]2[C@@H]1OC[C@H]2Oc1nc2nc(-c3ccc(C4=CCSCC4)cc3)c(Cl)cc2n1COCC[Si](C)(C)C. The molecule has 0 aliphatic carbocycles. The first-order valence-corrected chi connectivity index (χ1v) is 24.9. The number of imidazole rings is 1. The average molecular weight is 716 g/mol. The van der Waals surface area contributed by atoms with Gasteiger partial charge in [-0.25, -0.2) is 4.98 Å². The van der Waals surface area contributed by atoms with E-state index in [1.807, 2.05) is 22.4 Å². The van der Waals surface area contributed by atoms with Crippen molar-refractivity contribution < 1.29 is 23.4 Å². The van der Waals surface area contributed by atoms with Gasteiger partial charge in [0.15, 0.2) is 20.1 Å². The monoisotopic (exact) mass is 715 g/mol. The molecule has 3 aliphatic rings. The maximum absolute atomic E-state index is 6.93. The third-order valence-electron chi connectivity index (χ3n) is 9.84. The van der Waals surface area contributed by atoms with Crippen molar-refractivity contribution in [1.29, 1.82) is 0 Å². The Bertz CT molecular complexity index is 1600. The van der Waals surface area contributed by atoms with Gasteiger partial charge in [-0.2, -0.15) is 16.7 Å². The second kappa shape index (κ2) is 13.9. The van der Waals surface area contributed by atoms with E-state index in [4.69, 9.17) is 44.9 Å². The number of nitrogens with zero attached hydrogens (tertiary/aromatic N) is 3. The summed E-state index contributed by atoms with van der Waals surface area (Å²) in [6.07, 6.45) is 2.56. The minimum Gasteiger partial charge on any atom is -0.456 e. The Balaban J connectivity index is 1.25. The zero-order valence-corrected chi connectivity index (χ0v) is 32.7. The molecule has 1 aromatic carbocycles. The summed E-state index contributed by atoms with van der Waals surface area (Å²) in [6, 6.07) is 12.0. The van der Waals surface area contributed by atoms with Crippen molar-refractivity contribution in [3.05, 3.63) is 47.0 Å². The minimum atomic E-state index is -2.00. The van der Waals surface area contributed by atoms with Gasteiger partial charge < -0.3 is 23.4 Å². The molecule has 12 heteroatoms. The summed E-state index contributed by atoms with van der Waals surface area (Å²) in [5.74, 6) is 2.24. The van der Waals surface area contributed by atoms with Crippen LogP contribution in [-0.2, 0) is 25.4 Å². The first kappa shape index (κ1) is 35.1. The lowest BCUT2D eigenvalue weighted by atomic mass is 10.0. The highest BCUT2D eigenvalue weighted by atomic mass is 35.5. The fourth-order valence-electron chi connectivity index (χ4n) is 5.91. The van der Waals surface area contributed by atoms with Crippen LogP contribution in [0.4, 0.5) is 0 Å². The van der Waals surface area contributed by atoms with Gasteiger partial charge in [0.05, 0.1) is 35.6 Å². The number of allylic oxidation sites excluding steroid dienone is 1. The molecule has 4 atom stereocenters.